The summed E-state index contributed by atoms with van der Waals surface area (Å²) in [5.41, 5.74) is 4.18. The van der Waals surface area contributed by atoms with E-state index in [1.54, 1.807) is 12.1 Å². The highest BCUT2D eigenvalue weighted by atomic mass is 16.7. The van der Waals surface area contributed by atoms with Crippen LogP contribution in [0.2, 0.25) is 0 Å². The van der Waals surface area contributed by atoms with Crippen LogP contribution >= 0.6 is 0 Å². The van der Waals surface area contributed by atoms with Gasteiger partial charge in [-0.2, -0.15) is 0 Å². The number of benzene rings is 1. The Morgan fingerprint density at radius 3 is 2.56 bits per heavy atom. The maximum atomic E-state index is 10.5. The Hall–Kier alpha value is -1.46. The normalized spacial score (nSPS) is 16.0. The lowest BCUT2D eigenvalue weighted by Gasteiger charge is -2.11. The Morgan fingerprint density at radius 1 is 1.28 bits per heavy atom. The molecule has 0 saturated heterocycles. The maximum Gasteiger partial charge on any atom is 0.269 e. The van der Waals surface area contributed by atoms with Crippen LogP contribution in [0.25, 0.3) is 0 Å². The van der Waals surface area contributed by atoms with E-state index in [-0.39, 0.29) is 10.6 Å². The highest BCUT2D eigenvalue weighted by molar-refractivity contribution is 5.32. The second kappa shape index (κ2) is 6.47. The Balaban J connectivity index is 1.68. The van der Waals surface area contributed by atoms with Crippen LogP contribution in [0, 0.1) is 10.1 Å². The third-order valence-electron chi connectivity index (χ3n) is 3.22. The van der Waals surface area contributed by atoms with Crippen LogP contribution < -0.4 is 5.48 Å². The van der Waals surface area contributed by atoms with Crippen molar-refractivity contribution in [1.82, 2.24) is 5.48 Å². The molecule has 2 rings (SSSR count). The molecule has 0 atom stereocenters. The van der Waals surface area contributed by atoms with Gasteiger partial charge >= 0.3 is 0 Å². The van der Waals surface area contributed by atoms with Gasteiger partial charge in [0, 0.05) is 18.7 Å². The molecule has 1 saturated carbocycles. The van der Waals surface area contributed by atoms with Gasteiger partial charge in [0.2, 0.25) is 0 Å². The molecule has 5 nitrogen and oxygen atoms in total. The smallest absolute Gasteiger partial charge is 0.269 e. The number of nitro groups is 1. The third-order valence-corrected chi connectivity index (χ3v) is 3.22. The molecule has 0 unspecified atom stereocenters. The third kappa shape index (κ3) is 3.78. The fourth-order valence-corrected chi connectivity index (χ4v) is 2.16. The summed E-state index contributed by atoms with van der Waals surface area (Å²) in [5.74, 6) is 0. The van der Waals surface area contributed by atoms with Gasteiger partial charge in [-0.25, -0.2) is 5.48 Å². The summed E-state index contributed by atoms with van der Waals surface area (Å²) in [4.78, 5) is 15.6. The van der Waals surface area contributed by atoms with E-state index in [2.05, 4.69) is 5.48 Å². The fraction of sp³-hybridized carbons (Fsp3) is 0.538. The largest absolute Gasteiger partial charge is 0.299 e. The highest BCUT2D eigenvalue weighted by Gasteiger charge is 2.15. The number of hydroxylamine groups is 1. The Labute approximate surface area is 106 Å². The van der Waals surface area contributed by atoms with Crippen LogP contribution in [0.3, 0.4) is 0 Å². The van der Waals surface area contributed by atoms with Crippen molar-refractivity contribution in [3.05, 3.63) is 39.9 Å². The lowest BCUT2D eigenvalue weighted by Crippen LogP contribution is -2.23. The molecule has 0 amide bonds. The van der Waals surface area contributed by atoms with Crippen molar-refractivity contribution in [3.8, 4) is 0 Å². The molecular weight excluding hydrogens is 232 g/mol. The molecule has 18 heavy (non-hydrogen) atoms. The van der Waals surface area contributed by atoms with Gasteiger partial charge in [0.1, 0.15) is 0 Å². The molecule has 1 N–H and O–H groups in total. The summed E-state index contributed by atoms with van der Waals surface area (Å²) in [6, 6.07) is 6.64. The number of nitrogens with one attached hydrogen (secondary N) is 1. The molecular formula is C13H18N2O3. The van der Waals surface area contributed by atoms with Crippen molar-refractivity contribution in [2.24, 2.45) is 0 Å². The van der Waals surface area contributed by atoms with Gasteiger partial charge in [-0.05, 0) is 24.8 Å². The minimum absolute atomic E-state index is 0.133. The molecule has 0 bridgehead atoms. The number of nitro benzene ring substituents is 1. The Kier molecular flexibility index (Phi) is 4.66. The zero-order valence-electron chi connectivity index (χ0n) is 10.3. The Bertz CT molecular complexity index is 386. The summed E-state index contributed by atoms with van der Waals surface area (Å²) in [7, 11) is 0. The zero-order valence-corrected chi connectivity index (χ0v) is 10.3. The van der Waals surface area contributed by atoms with Crippen molar-refractivity contribution in [2.75, 3.05) is 6.54 Å². The van der Waals surface area contributed by atoms with E-state index in [1.807, 2.05) is 0 Å². The van der Waals surface area contributed by atoms with E-state index in [0.29, 0.717) is 6.10 Å². The van der Waals surface area contributed by atoms with Gasteiger partial charge in [0.25, 0.3) is 5.69 Å². The van der Waals surface area contributed by atoms with Gasteiger partial charge in [0.05, 0.1) is 11.0 Å². The van der Waals surface area contributed by atoms with Gasteiger partial charge in [0.15, 0.2) is 0 Å². The SMILES string of the molecule is O=[N+]([O-])c1ccc(CCNOC2CCCC2)cc1. The van der Waals surface area contributed by atoms with Gasteiger partial charge in [-0.3, -0.25) is 15.0 Å². The van der Waals surface area contributed by atoms with Crippen LogP contribution in [0.4, 0.5) is 5.69 Å². The summed E-state index contributed by atoms with van der Waals surface area (Å²) in [5, 5.41) is 10.5. The first-order chi connectivity index (χ1) is 8.75. The summed E-state index contributed by atoms with van der Waals surface area (Å²) < 4.78 is 0. The average molecular weight is 250 g/mol. The van der Waals surface area contributed by atoms with Crippen molar-refractivity contribution in [2.45, 2.75) is 38.2 Å². The number of non-ortho nitro benzene ring substituents is 1. The number of rotatable bonds is 6. The van der Waals surface area contributed by atoms with Crippen LogP contribution in [0.1, 0.15) is 31.2 Å². The van der Waals surface area contributed by atoms with Gasteiger partial charge in [-0.1, -0.05) is 25.0 Å². The molecule has 0 spiro atoms. The first-order valence-electron chi connectivity index (χ1n) is 6.37. The molecule has 0 heterocycles. The molecule has 1 aromatic rings. The Morgan fingerprint density at radius 2 is 1.94 bits per heavy atom. The predicted octanol–water partition coefficient (Wildman–Crippen LogP) is 2.60. The van der Waals surface area contributed by atoms with Crippen LogP contribution in [-0.2, 0) is 11.3 Å². The topological polar surface area (TPSA) is 64.4 Å². The minimum Gasteiger partial charge on any atom is -0.299 e. The highest BCUT2D eigenvalue weighted by Crippen LogP contribution is 2.19. The van der Waals surface area contributed by atoms with Gasteiger partial charge in [-0.15, -0.1) is 0 Å². The van der Waals surface area contributed by atoms with Gasteiger partial charge < -0.3 is 0 Å². The molecule has 1 aliphatic carbocycles. The summed E-state index contributed by atoms with van der Waals surface area (Å²) in [6.45, 7) is 0.730. The van der Waals surface area contributed by atoms with E-state index in [1.165, 1.54) is 25.0 Å². The number of nitrogens with zero attached hydrogens (tertiary/aromatic N) is 1. The van der Waals surface area contributed by atoms with E-state index in [4.69, 9.17) is 4.84 Å². The lowest BCUT2D eigenvalue weighted by molar-refractivity contribution is -0.384. The van der Waals surface area contributed by atoms with Crippen LogP contribution in [0.15, 0.2) is 24.3 Å². The molecule has 1 aromatic carbocycles. The van der Waals surface area contributed by atoms with E-state index >= 15 is 0 Å². The second-order valence-corrected chi connectivity index (χ2v) is 4.59. The van der Waals surface area contributed by atoms with E-state index in [0.717, 1.165) is 31.4 Å². The van der Waals surface area contributed by atoms with Crippen molar-refractivity contribution in [1.29, 1.82) is 0 Å². The van der Waals surface area contributed by atoms with Crippen molar-refractivity contribution in [3.63, 3.8) is 0 Å². The zero-order chi connectivity index (χ0) is 12.8. The first-order valence-corrected chi connectivity index (χ1v) is 6.37. The summed E-state index contributed by atoms with van der Waals surface area (Å²) >= 11 is 0. The van der Waals surface area contributed by atoms with Crippen molar-refractivity contribution >= 4 is 5.69 Å². The molecule has 0 aliphatic heterocycles. The molecule has 0 aromatic heterocycles. The standard InChI is InChI=1S/C13H18N2O3/c16-15(17)12-7-5-11(6-8-12)9-10-14-18-13-3-1-2-4-13/h5-8,13-14H,1-4,9-10H2. The molecule has 5 heteroatoms. The molecule has 0 radical (unpaired) electrons. The van der Waals surface area contributed by atoms with Crippen LogP contribution in [0.5, 0.6) is 0 Å². The second-order valence-electron chi connectivity index (χ2n) is 4.59. The quantitative estimate of drug-likeness (QED) is 0.479. The first kappa shape index (κ1) is 13.0. The molecule has 1 aliphatic rings. The number of hydrogen-bond donors (Lipinski definition) is 1. The van der Waals surface area contributed by atoms with E-state index in [9.17, 15) is 10.1 Å². The molecule has 1 fully saturated rings. The minimum atomic E-state index is -0.384. The maximum absolute atomic E-state index is 10.5. The van der Waals surface area contributed by atoms with Crippen molar-refractivity contribution < 1.29 is 9.76 Å². The monoisotopic (exact) mass is 250 g/mol. The van der Waals surface area contributed by atoms with Crippen LogP contribution in [-0.4, -0.2) is 17.6 Å². The fourth-order valence-electron chi connectivity index (χ4n) is 2.16. The van der Waals surface area contributed by atoms with E-state index < -0.39 is 0 Å². The summed E-state index contributed by atoms with van der Waals surface area (Å²) in [6.07, 6.45) is 5.98. The number of hydrogen-bond acceptors (Lipinski definition) is 4. The molecule has 98 valence electrons. The lowest BCUT2D eigenvalue weighted by atomic mass is 10.1. The average Bonchev–Trinajstić information content (AvgIpc) is 2.88. The predicted molar refractivity (Wildman–Crippen MR) is 68.1 cm³/mol.